The van der Waals surface area contributed by atoms with Crippen LogP contribution in [0.3, 0.4) is 0 Å². The minimum atomic E-state index is 0.500. The Hall–Kier alpha value is -3.40. The van der Waals surface area contributed by atoms with Gasteiger partial charge in [0, 0.05) is 28.5 Å². The molecule has 2 N–H and O–H groups in total. The van der Waals surface area contributed by atoms with Crippen molar-refractivity contribution in [1.29, 1.82) is 0 Å². The molecule has 0 atom stereocenters. The van der Waals surface area contributed by atoms with Gasteiger partial charge in [0.05, 0.1) is 11.4 Å². The molecule has 4 heteroatoms. The highest BCUT2D eigenvalue weighted by Crippen LogP contribution is 2.39. The Morgan fingerprint density at radius 2 is 1.55 bits per heavy atom. The Kier molecular flexibility index (Phi) is 4.60. The highest BCUT2D eigenvalue weighted by Gasteiger charge is 2.22. The van der Waals surface area contributed by atoms with Crippen molar-refractivity contribution >= 4 is 16.6 Å². The maximum atomic E-state index is 6.22. The van der Waals surface area contributed by atoms with E-state index in [2.05, 4.69) is 23.2 Å². The van der Waals surface area contributed by atoms with Crippen molar-refractivity contribution in [3.63, 3.8) is 0 Å². The predicted octanol–water partition coefficient (Wildman–Crippen LogP) is 6.33. The van der Waals surface area contributed by atoms with Crippen molar-refractivity contribution in [3.8, 4) is 22.8 Å². The van der Waals surface area contributed by atoms with Crippen LogP contribution in [0.1, 0.15) is 37.3 Å². The Morgan fingerprint density at radius 1 is 0.828 bits per heavy atom. The first-order valence-corrected chi connectivity index (χ1v) is 10.2. The highest BCUT2D eigenvalue weighted by atomic mass is 16.5. The second kappa shape index (κ2) is 7.55. The molecule has 2 aromatic heterocycles. The van der Waals surface area contributed by atoms with Crippen molar-refractivity contribution < 1.29 is 4.74 Å². The van der Waals surface area contributed by atoms with Crippen molar-refractivity contribution in [2.24, 2.45) is 0 Å². The molecule has 0 amide bonds. The lowest BCUT2D eigenvalue weighted by molar-refractivity contribution is 0.483. The van der Waals surface area contributed by atoms with Crippen LogP contribution in [0.25, 0.3) is 22.0 Å². The number of hydrogen-bond acceptors (Lipinski definition) is 4. The molecule has 0 spiro atoms. The number of nitrogens with two attached hydrogens (primary N) is 1. The zero-order chi connectivity index (χ0) is 19.6. The number of anilines is 1. The molecular weight excluding hydrogens is 358 g/mol. The van der Waals surface area contributed by atoms with Gasteiger partial charge in [0.25, 0.3) is 0 Å². The van der Waals surface area contributed by atoms with Gasteiger partial charge in [-0.15, -0.1) is 0 Å². The maximum Gasteiger partial charge on any atom is 0.131 e. The van der Waals surface area contributed by atoms with Crippen LogP contribution < -0.4 is 10.5 Å². The monoisotopic (exact) mass is 381 g/mol. The van der Waals surface area contributed by atoms with Crippen LogP contribution in [-0.4, -0.2) is 9.97 Å². The van der Waals surface area contributed by atoms with Crippen LogP contribution in [0.15, 0.2) is 72.9 Å². The fourth-order valence-electron chi connectivity index (χ4n) is 4.20. The third-order valence-electron chi connectivity index (χ3n) is 5.69. The Morgan fingerprint density at radius 3 is 2.31 bits per heavy atom. The van der Waals surface area contributed by atoms with Gasteiger partial charge in [0.1, 0.15) is 17.3 Å². The predicted molar refractivity (Wildman–Crippen MR) is 117 cm³/mol. The molecule has 1 saturated carbocycles. The summed E-state index contributed by atoms with van der Waals surface area (Å²) in [4.78, 5) is 9.38. The molecule has 0 bridgehead atoms. The summed E-state index contributed by atoms with van der Waals surface area (Å²) < 4.78 is 5.91. The third kappa shape index (κ3) is 3.54. The Balaban J connectivity index is 1.53. The number of rotatable bonds is 4. The fraction of sp³-hybridized carbons (Fsp3) is 0.200. The van der Waals surface area contributed by atoms with Crippen LogP contribution in [-0.2, 0) is 0 Å². The van der Waals surface area contributed by atoms with Gasteiger partial charge in [0.2, 0.25) is 0 Å². The van der Waals surface area contributed by atoms with Gasteiger partial charge in [-0.3, -0.25) is 4.98 Å². The topological polar surface area (TPSA) is 61.0 Å². The molecule has 144 valence electrons. The molecule has 29 heavy (non-hydrogen) atoms. The number of hydrogen-bond donors (Lipinski definition) is 1. The molecule has 1 aliphatic rings. The number of pyridine rings is 2. The third-order valence-corrected chi connectivity index (χ3v) is 5.69. The number of nitrogen functional groups attached to an aromatic ring is 1. The SMILES string of the molecule is Nc1nccc2c(C3CCCC3)nc(-c3ccc(Oc4ccccc4)cc3)cc12. The van der Waals surface area contributed by atoms with Crippen LogP contribution in [0.2, 0.25) is 0 Å². The minimum absolute atomic E-state index is 0.500. The first kappa shape index (κ1) is 17.7. The van der Waals surface area contributed by atoms with Crippen LogP contribution in [0.5, 0.6) is 11.5 Å². The number of para-hydroxylation sites is 1. The average Bonchev–Trinajstić information content (AvgIpc) is 3.30. The summed E-state index contributed by atoms with van der Waals surface area (Å²) in [5.74, 6) is 2.69. The van der Waals surface area contributed by atoms with Crippen LogP contribution in [0.4, 0.5) is 5.82 Å². The molecule has 2 heterocycles. The normalized spacial score (nSPS) is 14.3. The fourth-order valence-corrected chi connectivity index (χ4v) is 4.20. The molecule has 5 rings (SSSR count). The molecule has 0 unspecified atom stereocenters. The van der Waals surface area contributed by atoms with E-state index < -0.39 is 0 Å². The number of fused-ring (bicyclic) bond motifs is 1. The number of ether oxygens (including phenoxy) is 1. The summed E-state index contributed by atoms with van der Waals surface area (Å²) in [7, 11) is 0. The molecular formula is C25H23N3O. The number of aromatic nitrogens is 2. The molecule has 0 aliphatic heterocycles. The van der Waals surface area contributed by atoms with Gasteiger partial charge in [-0.05, 0) is 61.4 Å². The summed E-state index contributed by atoms with van der Waals surface area (Å²) in [6.07, 6.45) is 6.71. The van der Waals surface area contributed by atoms with Gasteiger partial charge in [-0.2, -0.15) is 0 Å². The standard InChI is InChI=1S/C25H23N3O/c26-25-22-16-23(28-24(18-6-4-5-7-18)21(22)14-15-27-25)17-10-12-20(13-11-17)29-19-8-2-1-3-9-19/h1-3,8-16,18H,4-7H2,(H2,26,27). The Bertz CT molecular complexity index is 1130. The zero-order valence-electron chi connectivity index (χ0n) is 16.2. The quantitative estimate of drug-likeness (QED) is 0.449. The lowest BCUT2D eigenvalue weighted by Gasteiger charge is -2.15. The average molecular weight is 381 g/mol. The second-order valence-corrected chi connectivity index (χ2v) is 7.60. The number of nitrogens with zero attached hydrogens (tertiary/aromatic N) is 2. The summed E-state index contributed by atoms with van der Waals surface area (Å²) in [6, 6.07) is 22.0. The van der Waals surface area contributed by atoms with E-state index in [1.807, 2.05) is 48.5 Å². The van der Waals surface area contributed by atoms with Gasteiger partial charge < -0.3 is 10.5 Å². The summed E-state index contributed by atoms with van der Waals surface area (Å²) in [5.41, 5.74) is 9.37. The Labute approximate surface area is 170 Å². The molecule has 0 saturated heterocycles. The molecule has 4 aromatic rings. The lowest BCUT2D eigenvalue weighted by atomic mass is 9.96. The molecule has 0 radical (unpaired) electrons. The van der Waals surface area contributed by atoms with E-state index in [0.29, 0.717) is 11.7 Å². The van der Waals surface area contributed by atoms with E-state index in [1.165, 1.54) is 25.7 Å². The van der Waals surface area contributed by atoms with Gasteiger partial charge in [-0.25, -0.2) is 4.98 Å². The van der Waals surface area contributed by atoms with E-state index in [-0.39, 0.29) is 0 Å². The largest absolute Gasteiger partial charge is 0.457 e. The van der Waals surface area contributed by atoms with Crippen molar-refractivity contribution in [1.82, 2.24) is 9.97 Å². The molecule has 2 aromatic carbocycles. The van der Waals surface area contributed by atoms with Gasteiger partial charge >= 0.3 is 0 Å². The van der Waals surface area contributed by atoms with Gasteiger partial charge in [0.15, 0.2) is 0 Å². The lowest BCUT2D eigenvalue weighted by Crippen LogP contribution is -2.02. The maximum absolute atomic E-state index is 6.22. The first-order chi connectivity index (χ1) is 14.3. The zero-order valence-corrected chi connectivity index (χ0v) is 16.2. The molecule has 1 fully saturated rings. The summed E-state index contributed by atoms with van der Waals surface area (Å²) in [6.45, 7) is 0. The first-order valence-electron chi connectivity index (χ1n) is 10.2. The van der Waals surface area contributed by atoms with Crippen molar-refractivity contribution in [2.75, 3.05) is 5.73 Å². The van der Waals surface area contributed by atoms with E-state index in [9.17, 15) is 0 Å². The molecule has 1 aliphatic carbocycles. The van der Waals surface area contributed by atoms with E-state index >= 15 is 0 Å². The van der Waals surface area contributed by atoms with Crippen molar-refractivity contribution in [2.45, 2.75) is 31.6 Å². The van der Waals surface area contributed by atoms with E-state index in [0.717, 1.165) is 39.2 Å². The van der Waals surface area contributed by atoms with Crippen molar-refractivity contribution in [3.05, 3.63) is 78.6 Å². The second-order valence-electron chi connectivity index (χ2n) is 7.60. The molecule has 4 nitrogen and oxygen atoms in total. The van der Waals surface area contributed by atoms with E-state index in [4.69, 9.17) is 15.5 Å². The minimum Gasteiger partial charge on any atom is -0.457 e. The van der Waals surface area contributed by atoms with E-state index in [1.54, 1.807) is 6.20 Å². The smallest absolute Gasteiger partial charge is 0.131 e. The van der Waals surface area contributed by atoms with Gasteiger partial charge in [-0.1, -0.05) is 31.0 Å². The summed E-state index contributed by atoms with van der Waals surface area (Å²) >= 11 is 0. The van der Waals surface area contributed by atoms with Crippen LogP contribution in [0, 0.1) is 0 Å². The number of benzene rings is 2. The van der Waals surface area contributed by atoms with Crippen LogP contribution >= 0.6 is 0 Å². The highest BCUT2D eigenvalue weighted by molar-refractivity contribution is 5.95. The summed E-state index contributed by atoms with van der Waals surface area (Å²) in [5, 5.41) is 2.13.